The molecule has 0 unspecified atom stereocenters. The minimum atomic E-state index is -0.291. The van der Waals surface area contributed by atoms with Gasteiger partial charge in [-0.15, -0.1) is 0 Å². The number of aromatic hydroxyl groups is 1. The van der Waals surface area contributed by atoms with Crippen molar-refractivity contribution < 1.29 is 9.52 Å². The fourth-order valence-corrected chi connectivity index (χ4v) is 6.87. The summed E-state index contributed by atoms with van der Waals surface area (Å²) in [6.07, 6.45) is 1.87. The molecule has 0 saturated carbocycles. The lowest BCUT2D eigenvalue weighted by molar-refractivity contribution is 0.446. The molecule has 3 aromatic heterocycles. The first kappa shape index (κ1) is 32.3. The molecule has 0 saturated heterocycles. The molecule has 0 spiro atoms. The molecule has 0 radical (unpaired) electrons. The van der Waals surface area contributed by atoms with Gasteiger partial charge in [0.1, 0.15) is 17.0 Å². The molecule has 5 heteroatoms. The second kappa shape index (κ2) is 12.1. The summed E-state index contributed by atoms with van der Waals surface area (Å²) in [5.41, 5.74) is 11.3. The van der Waals surface area contributed by atoms with Gasteiger partial charge in [-0.25, -0.2) is 0 Å². The SMILES string of the molecule is CC(C)(C)c1cc(-c2nn(-c3cc(-c4ccccc4)cc(-c4cc(-c5ccccc5)ccn4)c3)c3oc4ccccc4c23)c(O)c(C(C)(C)C)c1. The Labute approximate surface area is 298 Å². The molecule has 0 amide bonds. The summed E-state index contributed by atoms with van der Waals surface area (Å²) in [6, 6.07) is 43.7. The van der Waals surface area contributed by atoms with Crippen molar-refractivity contribution in [2.45, 2.75) is 52.4 Å². The number of benzene rings is 5. The average Bonchev–Trinajstić information content (AvgIpc) is 3.69. The van der Waals surface area contributed by atoms with Crippen LogP contribution < -0.4 is 0 Å². The van der Waals surface area contributed by atoms with Crippen molar-refractivity contribution in [2.75, 3.05) is 0 Å². The van der Waals surface area contributed by atoms with Gasteiger partial charge in [0.2, 0.25) is 5.71 Å². The van der Waals surface area contributed by atoms with Crippen LogP contribution in [0.25, 0.3) is 72.5 Å². The Hall–Kier alpha value is -5.94. The summed E-state index contributed by atoms with van der Waals surface area (Å²) in [7, 11) is 0. The van der Waals surface area contributed by atoms with Gasteiger partial charge < -0.3 is 9.52 Å². The van der Waals surface area contributed by atoms with Gasteiger partial charge in [-0.3, -0.25) is 4.98 Å². The van der Waals surface area contributed by atoms with Gasteiger partial charge in [-0.05, 0) is 81.1 Å². The maximum atomic E-state index is 12.0. The number of hydrogen-bond acceptors (Lipinski definition) is 4. The number of para-hydroxylation sites is 1. The molecule has 51 heavy (non-hydrogen) atoms. The van der Waals surface area contributed by atoms with Crippen LogP contribution in [0.5, 0.6) is 5.75 Å². The summed E-state index contributed by atoms with van der Waals surface area (Å²) >= 11 is 0. The Bertz CT molecular complexity index is 2550. The van der Waals surface area contributed by atoms with Gasteiger partial charge in [-0.2, -0.15) is 9.78 Å². The molecule has 0 aliphatic carbocycles. The lowest BCUT2D eigenvalue weighted by atomic mass is 9.78. The zero-order valence-corrected chi connectivity index (χ0v) is 29.9. The molecule has 1 N–H and O–H groups in total. The van der Waals surface area contributed by atoms with Crippen LogP contribution in [-0.2, 0) is 10.8 Å². The highest BCUT2D eigenvalue weighted by Gasteiger charge is 2.29. The predicted molar refractivity (Wildman–Crippen MR) is 209 cm³/mol. The van der Waals surface area contributed by atoms with E-state index in [0.717, 1.165) is 66.7 Å². The third kappa shape index (κ3) is 5.89. The predicted octanol–water partition coefficient (Wildman–Crippen LogP) is 12.1. The third-order valence-corrected chi connectivity index (χ3v) is 9.68. The monoisotopic (exact) mass is 667 g/mol. The van der Waals surface area contributed by atoms with Crippen molar-refractivity contribution in [3.63, 3.8) is 0 Å². The zero-order valence-electron chi connectivity index (χ0n) is 29.9. The van der Waals surface area contributed by atoms with Crippen LogP contribution in [0, 0.1) is 0 Å². The molecular formula is C46H41N3O2. The number of hydrogen-bond donors (Lipinski definition) is 1. The summed E-state index contributed by atoms with van der Waals surface area (Å²) in [4.78, 5) is 4.85. The number of fused-ring (bicyclic) bond motifs is 3. The van der Waals surface area contributed by atoms with E-state index in [1.807, 2.05) is 47.3 Å². The quantitative estimate of drug-likeness (QED) is 0.198. The molecule has 0 aliphatic heterocycles. The molecule has 0 aliphatic rings. The molecule has 5 nitrogen and oxygen atoms in total. The summed E-state index contributed by atoms with van der Waals surface area (Å²) < 4.78 is 8.54. The Morgan fingerprint density at radius 2 is 1.25 bits per heavy atom. The first-order chi connectivity index (χ1) is 24.5. The van der Waals surface area contributed by atoms with Crippen LogP contribution in [0.3, 0.4) is 0 Å². The topological polar surface area (TPSA) is 64.1 Å². The molecule has 0 bridgehead atoms. The molecule has 0 atom stereocenters. The number of phenolic OH excluding ortho intramolecular Hbond substituents is 1. The van der Waals surface area contributed by atoms with Gasteiger partial charge in [0.15, 0.2) is 0 Å². The van der Waals surface area contributed by atoms with Crippen LogP contribution in [0.1, 0.15) is 52.7 Å². The van der Waals surface area contributed by atoms with E-state index in [4.69, 9.17) is 14.5 Å². The van der Waals surface area contributed by atoms with Gasteiger partial charge in [0, 0.05) is 28.3 Å². The van der Waals surface area contributed by atoms with E-state index in [2.05, 4.69) is 133 Å². The van der Waals surface area contributed by atoms with Crippen molar-refractivity contribution in [3.05, 3.63) is 145 Å². The van der Waals surface area contributed by atoms with Gasteiger partial charge >= 0.3 is 0 Å². The highest BCUT2D eigenvalue weighted by atomic mass is 16.3. The van der Waals surface area contributed by atoms with E-state index in [-0.39, 0.29) is 16.6 Å². The maximum Gasteiger partial charge on any atom is 0.231 e. The molecule has 8 aromatic rings. The van der Waals surface area contributed by atoms with E-state index in [1.165, 1.54) is 0 Å². The number of rotatable bonds is 5. The van der Waals surface area contributed by atoms with Crippen molar-refractivity contribution in [2.24, 2.45) is 0 Å². The minimum Gasteiger partial charge on any atom is -0.507 e. The Morgan fingerprint density at radius 1 is 0.608 bits per heavy atom. The van der Waals surface area contributed by atoms with E-state index in [9.17, 15) is 5.11 Å². The van der Waals surface area contributed by atoms with Gasteiger partial charge in [0.05, 0.1) is 16.8 Å². The first-order valence-corrected chi connectivity index (χ1v) is 17.5. The Balaban J connectivity index is 1.41. The van der Waals surface area contributed by atoms with Crippen molar-refractivity contribution in [1.82, 2.24) is 14.8 Å². The highest BCUT2D eigenvalue weighted by Crippen LogP contribution is 2.46. The van der Waals surface area contributed by atoms with Gasteiger partial charge in [-0.1, -0.05) is 126 Å². The molecule has 3 heterocycles. The maximum absolute atomic E-state index is 12.0. The largest absolute Gasteiger partial charge is 0.507 e. The first-order valence-electron chi connectivity index (χ1n) is 17.5. The number of furan rings is 1. The van der Waals surface area contributed by atoms with Crippen LogP contribution in [0.4, 0.5) is 0 Å². The van der Waals surface area contributed by atoms with E-state index < -0.39 is 0 Å². The van der Waals surface area contributed by atoms with Crippen molar-refractivity contribution >= 4 is 22.1 Å². The summed E-state index contributed by atoms with van der Waals surface area (Å²) in [6.45, 7) is 13.0. The molecular weight excluding hydrogens is 627 g/mol. The lowest BCUT2D eigenvalue weighted by Crippen LogP contribution is -2.17. The second-order valence-electron chi connectivity index (χ2n) is 15.4. The molecule has 5 aromatic carbocycles. The molecule has 0 fully saturated rings. The van der Waals surface area contributed by atoms with E-state index >= 15 is 0 Å². The van der Waals surface area contributed by atoms with Crippen LogP contribution >= 0.6 is 0 Å². The fraction of sp³-hybridized carbons (Fsp3) is 0.174. The molecule has 252 valence electrons. The van der Waals surface area contributed by atoms with Crippen LogP contribution in [0.15, 0.2) is 138 Å². The zero-order chi connectivity index (χ0) is 35.5. The van der Waals surface area contributed by atoms with Crippen molar-refractivity contribution in [1.29, 1.82) is 0 Å². The second-order valence-corrected chi connectivity index (χ2v) is 15.4. The van der Waals surface area contributed by atoms with Gasteiger partial charge in [0.25, 0.3) is 0 Å². The fourth-order valence-electron chi connectivity index (χ4n) is 6.87. The van der Waals surface area contributed by atoms with Crippen molar-refractivity contribution in [3.8, 4) is 56.2 Å². The average molecular weight is 668 g/mol. The third-order valence-electron chi connectivity index (χ3n) is 9.68. The summed E-state index contributed by atoms with van der Waals surface area (Å²) in [5.74, 6) is 0.244. The Morgan fingerprint density at radius 3 is 1.94 bits per heavy atom. The number of nitrogens with zero attached hydrogens (tertiary/aromatic N) is 3. The number of pyridine rings is 1. The molecule has 8 rings (SSSR count). The van der Waals surface area contributed by atoms with Crippen LogP contribution in [-0.4, -0.2) is 19.9 Å². The number of aromatic nitrogens is 3. The Kier molecular flexibility index (Phi) is 7.68. The van der Waals surface area contributed by atoms with Crippen LogP contribution in [0.2, 0.25) is 0 Å². The minimum absolute atomic E-state index is 0.150. The number of phenols is 1. The standard InChI is InChI=1S/C46H41N3O2/c1-45(2,3)34-27-37(43(50)38(28-34)46(4,5)6)42-41-36-19-13-14-20-40(36)51-44(41)49(48-42)35-24-32(30-17-11-8-12-18-30)23-33(25-35)39-26-31(21-22-47-39)29-15-9-7-10-16-29/h7-28,50H,1-6H3. The smallest absolute Gasteiger partial charge is 0.231 e. The lowest BCUT2D eigenvalue weighted by Gasteiger charge is -2.27. The normalized spacial score (nSPS) is 12.2. The van der Waals surface area contributed by atoms with E-state index in [1.54, 1.807) is 0 Å². The summed E-state index contributed by atoms with van der Waals surface area (Å²) in [5, 5.41) is 19.2. The highest BCUT2D eigenvalue weighted by molar-refractivity contribution is 6.11. The van der Waals surface area contributed by atoms with E-state index in [0.29, 0.717) is 17.0 Å².